The molecule has 0 saturated heterocycles. The third kappa shape index (κ3) is 1.82. The lowest BCUT2D eigenvalue weighted by atomic mass is 9.78. The van der Waals surface area contributed by atoms with Gasteiger partial charge in [0, 0.05) is 12.7 Å². The topological polar surface area (TPSA) is 20.3 Å². The molecule has 0 radical (unpaired) electrons. The predicted molar refractivity (Wildman–Crippen MR) is 77.3 cm³/mol. The minimum atomic E-state index is -0.580. The van der Waals surface area contributed by atoms with Crippen molar-refractivity contribution in [2.45, 2.75) is 18.8 Å². The van der Waals surface area contributed by atoms with Gasteiger partial charge in [0.05, 0.1) is 5.41 Å². The molecule has 1 atom stereocenters. The smallest absolute Gasteiger partial charge is 0.237 e. The molecular formula is C17H16FNO. The van der Waals surface area contributed by atoms with Crippen LogP contribution in [0.15, 0.2) is 48.5 Å². The van der Waals surface area contributed by atoms with Crippen LogP contribution in [0, 0.1) is 5.82 Å². The molecule has 0 unspecified atom stereocenters. The van der Waals surface area contributed by atoms with Crippen molar-refractivity contribution in [3.05, 3.63) is 65.5 Å². The van der Waals surface area contributed by atoms with E-state index in [4.69, 9.17) is 0 Å². The molecule has 0 aromatic heterocycles. The Morgan fingerprint density at radius 2 is 1.75 bits per heavy atom. The van der Waals surface area contributed by atoms with Gasteiger partial charge in [0.1, 0.15) is 5.82 Å². The van der Waals surface area contributed by atoms with Crippen LogP contribution in [0.25, 0.3) is 0 Å². The van der Waals surface area contributed by atoms with E-state index in [1.54, 1.807) is 24.1 Å². The highest BCUT2D eigenvalue weighted by molar-refractivity contribution is 6.07. The molecule has 1 aliphatic rings. The normalized spacial score (nSPS) is 21.1. The Balaban J connectivity index is 2.03. The lowest BCUT2D eigenvalue weighted by Gasteiger charge is -2.23. The number of benzene rings is 2. The zero-order valence-electron chi connectivity index (χ0n) is 11.6. The summed E-state index contributed by atoms with van der Waals surface area (Å²) < 4.78 is 13.0. The maximum absolute atomic E-state index is 13.0. The molecule has 0 saturated carbocycles. The summed E-state index contributed by atoms with van der Waals surface area (Å²) in [4.78, 5) is 14.3. The van der Waals surface area contributed by atoms with Crippen LogP contribution in [-0.2, 0) is 16.6 Å². The molecule has 1 aliphatic heterocycles. The summed E-state index contributed by atoms with van der Waals surface area (Å²) in [6.45, 7) is 1.96. The summed E-state index contributed by atoms with van der Waals surface area (Å²) in [5.41, 5.74) is 2.38. The second-order valence-electron chi connectivity index (χ2n) is 5.52. The molecule has 2 aromatic rings. The highest BCUT2D eigenvalue weighted by Gasteiger charge is 2.45. The van der Waals surface area contributed by atoms with Crippen molar-refractivity contribution in [3.63, 3.8) is 0 Å². The minimum Gasteiger partial charge on any atom is -0.314 e. The quantitative estimate of drug-likeness (QED) is 0.819. The number of carbonyl (C=O) groups excluding carboxylic acids is 1. The number of rotatable bonds is 2. The van der Waals surface area contributed by atoms with Crippen LogP contribution < -0.4 is 4.90 Å². The Hall–Kier alpha value is -2.16. The van der Waals surface area contributed by atoms with Crippen molar-refractivity contribution in [3.8, 4) is 0 Å². The number of para-hydroxylation sites is 1. The van der Waals surface area contributed by atoms with E-state index in [1.807, 2.05) is 31.2 Å². The van der Waals surface area contributed by atoms with Crippen LogP contribution in [-0.4, -0.2) is 13.0 Å². The van der Waals surface area contributed by atoms with Gasteiger partial charge in [0.15, 0.2) is 0 Å². The molecule has 0 aliphatic carbocycles. The molecule has 20 heavy (non-hydrogen) atoms. The molecular weight excluding hydrogens is 253 g/mol. The Kier molecular flexibility index (Phi) is 2.85. The standard InChI is InChI=1S/C17H16FNO/c1-17(11-12-7-9-13(18)10-8-12)14-5-3-4-6-15(14)19(2)16(17)20/h3-10H,11H2,1-2H3/t17-/m0/s1. The average Bonchev–Trinajstić information content (AvgIpc) is 2.65. The van der Waals surface area contributed by atoms with E-state index < -0.39 is 5.41 Å². The van der Waals surface area contributed by atoms with Crippen molar-refractivity contribution >= 4 is 11.6 Å². The molecule has 1 amide bonds. The first-order chi connectivity index (χ1) is 9.52. The maximum atomic E-state index is 13.0. The fourth-order valence-electron chi connectivity index (χ4n) is 3.01. The van der Waals surface area contributed by atoms with Crippen molar-refractivity contribution in [1.82, 2.24) is 0 Å². The van der Waals surface area contributed by atoms with Crippen molar-refractivity contribution < 1.29 is 9.18 Å². The summed E-state index contributed by atoms with van der Waals surface area (Å²) in [6, 6.07) is 14.2. The van der Waals surface area contributed by atoms with Crippen LogP contribution in [0.1, 0.15) is 18.1 Å². The summed E-state index contributed by atoms with van der Waals surface area (Å²) in [7, 11) is 1.80. The average molecular weight is 269 g/mol. The summed E-state index contributed by atoms with van der Waals surface area (Å²) in [6.07, 6.45) is 0.577. The van der Waals surface area contributed by atoms with Gasteiger partial charge < -0.3 is 4.90 Å². The zero-order valence-corrected chi connectivity index (χ0v) is 11.6. The van der Waals surface area contributed by atoms with Gasteiger partial charge in [-0.15, -0.1) is 0 Å². The van der Waals surface area contributed by atoms with Gasteiger partial charge in [0.25, 0.3) is 0 Å². The lowest BCUT2D eigenvalue weighted by molar-refractivity contribution is -0.122. The number of hydrogen-bond acceptors (Lipinski definition) is 1. The monoisotopic (exact) mass is 269 g/mol. The summed E-state index contributed by atoms with van der Waals surface area (Å²) in [5.74, 6) is -0.169. The van der Waals surface area contributed by atoms with Crippen LogP contribution in [0.2, 0.25) is 0 Å². The molecule has 0 spiro atoms. The van der Waals surface area contributed by atoms with Crippen molar-refractivity contribution in [1.29, 1.82) is 0 Å². The maximum Gasteiger partial charge on any atom is 0.237 e. The molecule has 2 nitrogen and oxygen atoms in total. The zero-order chi connectivity index (χ0) is 14.3. The predicted octanol–water partition coefficient (Wildman–Crippen LogP) is 3.30. The van der Waals surface area contributed by atoms with E-state index in [-0.39, 0.29) is 11.7 Å². The van der Waals surface area contributed by atoms with E-state index in [0.29, 0.717) is 6.42 Å². The van der Waals surface area contributed by atoms with E-state index in [0.717, 1.165) is 16.8 Å². The largest absolute Gasteiger partial charge is 0.314 e. The first kappa shape index (κ1) is 12.9. The Bertz CT molecular complexity index is 665. The summed E-state index contributed by atoms with van der Waals surface area (Å²) >= 11 is 0. The number of hydrogen-bond donors (Lipinski definition) is 0. The number of halogens is 1. The molecule has 0 fully saturated rings. The number of nitrogens with zero attached hydrogens (tertiary/aromatic N) is 1. The molecule has 0 bridgehead atoms. The first-order valence-electron chi connectivity index (χ1n) is 6.64. The van der Waals surface area contributed by atoms with Crippen LogP contribution in [0.5, 0.6) is 0 Å². The van der Waals surface area contributed by atoms with Gasteiger partial charge in [0.2, 0.25) is 5.91 Å². The van der Waals surface area contributed by atoms with Crippen LogP contribution in [0.3, 0.4) is 0 Å². The third-order valence-electron chi connectivity index (χ3n) is 4.11. The van der Waals surface area contributed by atoms with Crippen molar-refractivity contribution in [2.75, 3.05) is 11.9 Å². The molecule has 3 heteroatoms. The first-order valence-corrected chi connectivity index (χ1v) is 6.64. The van der Waals surface area contributed by atoms with Gasteiger partial charge in [-0.2, -0.15) is 0 Å². The van der Waals surface area contributed by atoms with Crippen molar-refractivity contribution in [2.24, 2.45) is 0 Å². The number of likely N-dealkylation sites (N-methyl/N-ethyl adjacent to an activating group) is 1. The second-order valence-corrected chi connectivity index (χ2v) is 5.52. The SMILES string of the molecule is CN1C(=O)[C@@](C)(Cc2ccc(F)cc2)c2ccccc21. The van der Waals surface area contributed by atoms with Gasteiger partial charge in [-0.05, 0) is 42.7 Å². The highest BCUT2D eigenvalue weighted by atomic mass is 19.1. The van der Waals surface area contributed by atoms with E-state index in [9.17, 15) is 9.18 Å². The third-order valence-corrected chi connectivity index (χ3v) is 4.11. The van der Waals surface area contributed by atoms with Gasteiger partial charge in [-0.25, -0.2) is 4.39 Å². The highest BCUT2D eigenvalue weighted by Crippen LogP contribution is 2.42. The number of anilines is 1. The van der Waals surface area contributed by atoms with E-state index in [2.05, 4.69) is 0 Å². The molecule has 1 heterocycles. The van der Waals surface area contributed by atoms with Gasteiger partial charge in [-0.1, -0.05) is 30.3 Å². The fourth-order valence-corrected chi connectivity index (χ4v) is 3.01. The van der Waals surface area contributed by atoms with Gasteiger partial charge >= 0.3 is 0 Å². The van der Waals surface area contributed by atoms with Crippen LogP contribution in [0.4, 0.5) is 10.1 Å². The fraction of sp³-hybridized carbons (Fsp3) is 0.235. The Labute approximate surface area is 117 Å². The molecule has 2 aromatic carbocycles. The molecule has 0 N–H and O–H groups in total. The number of carbonyl (C=O) groups is 1. The summed E-state index contributed by atoms with van der Waals surface area (Å²) in [5, 5.41) is 0. The minimum absolute atomic E-state index is 0.0861. The number of fused-ring (bicyclic) bond motifs is 1. The van der Waals surface area contributed by atoms with Crippen LogP contribution >= 0.6 is 0 Å². The Morgan fingerprint density at radius 1 is 1.10 bits per heavy atom. The van der Waals surface area contributed by atoms with E-state index >= 15 is 0 Å². The molecule has 3 rings (SSSR count). The van der Waals surface area contributed by atoms with Gasteiger partial charge in [-0.3, -0.25) is 4.79 Å². The lowest BCUT2D eigenvalue weighted by Crippen LogP contribution is -2.37. The molecule has 102 valence electrons. The van der Waals surface area contributed by atoms with E-state index in [1.165, 1.54) is 12.1 Å². The second kappa shape index (κ2) is 4.44. The Morgan fingerprint density at radius 3 is 2.45 bits per heavy atom. The number of amides is 1.